The first kappa shape index (κ1) is 23.7. The highest BCUT2D eigenvalue weighted by Gasteiger charge is 2.27. The monoisotopic (exact) mass is 480 g/mol. The molecule has 0 atom stereocenters. The number of piperidine rings is 1. The van der Waals surface area contributed by atoms with E-state index in [4.69, 9.17) is 9.47 Å². The number of pyridine rings is 1. The smallest absolute Gasteiger partial charge is 0.275 e. The number of methoxy groups -OCH3 is 1. The Bertz CT molecular complexity index is 1140. The number of ether oxygens (including phenoxy) is 2. The van der Waals surface area contributed by atoms with Crippen LogP contribution in [-0.2, 0) is 0 Å². The van der Waals surface area contributed by atoms with Crippen molar-refractivity contribution < 1.29 is 19.1 Å². The molecule has 3 aromatic rings. The van der Waals surface area contributed by atoms with Crippen LogP contribution in [0.15, 0.2) is 48.0 Å². The van der Waals surface area contributed by atoms with Crippen molar-refractivity contribution in [1.82, 2.24) is 14.9 Å². The molecule has 1 saturated heterocycles. The van der Waals surface area contributed by atoms with Gasteiger partial charge in [0.2, 0.25) is 5.88 Å². The fourth-order valence-corrected chi connectivity index (χ4v) is 4.85. The number of nitrogens with zero attached hydrogens (tertiary/aromatic N) is 3. The number of hydrogen-bond donors (Lipinski definition) is 1. The summed E-state index contributed by atoms with van der Waals surface area (Å²) in [6.07, 6.45) is 3.32. The lowest BCUT2D eigenvalue weighted by molar-refractivity contribution is 0.0713. The summed E-state index contributed by atoms with van der Waals surface area (Å²) in [4.78, 5) is 36.1. The molecule has 9 heteroatoms. The van der Waals surface area contributed by atoms with E-state index in [0.717, 1.165) is 23.6 Å². The van der Waals surface area contributed by atoms with E-state index in [1.165, 1.54) is 18.4 Å². The van der Waals surface area contributed by atoms with Crippen molar-refractivity contribution in [3.8, 4) is 11.6 Å². The van der Waals surface area contributed by atoms with Gasteiger partial charge in [-0.1, -0.05) is 0 Å². The van der Waals surface area contributed by atoms with Gasteiger partial charge in [0.05, 0.1) is 18.2 Å². The Labute approximate surface area is 202 Å². The van der Waals surface area contributed by atoms with Crippen LogP contribution in [0, 0.1) is 0 Å². The lowest BCUT2D eigenvalue weighted by Crippen LogP contribution is -2.37. The van der Waals surface area contributed by atoms with E-state index in [0.29, 0.717) is 35.9 Å². The molecule has 8 nitrogen and oxygen atoms in total. The van der Waals surface area contributed by atoms with Gasteiger partial charge in [-0.3, -0.25) is 9.59 Å². The molecule has 1 aliphatic rings. The Kier molecular flexibility index (Phi) is 7.42. The first-order valence-electron chi connectivity index (χ1n) is 11.3. The van der Waals surface area contributed by atoms with Crippen LogP contribution in [-0.4, -0.2) is 53.0 Å². The Hall–Kier alpha value is -3.46. The zero-order valence-electron chi connectivity index (χ0n) is 19.5. The SMILES string of the molecule is COc1ncccc1NC(=O)c1csc(C2CCN(C(=O)c3ccc(OC(C)C)cc3)CC2)n1. The summed E-state index contributed by atoms with van der Waals surface area (Å²) in [5, 5.41) is 5.50. The second-order valence-electron chi connectivity index (χ2n) is 8.34. The van der Waals surface area contributed by atoms with Crippen molar-refractivity contribution in [3.63, 3.8) is 0 Å². The minimum absolute atomic E-state index is 0.0270. The summed E-state index contributed by atoms with van der Waals surface area (Å²) in [7, 11) is 1.51. The summed E-state index contributed by atoms with van der Waals surface area (Å²) in [5.74, 6) is 1.07. The van der Waals surface area contributed by atoms with Crippen molar-refractivity contribution in [3.05, 3.63) is 64.2 Å². The minimum atomic E-state index is -0.300. The Morgan fingerprint density at radius 1 is 1.15 bits per heavy atom. The van der Waals surface area contributed by atoms with E-state index >= 15 is 0 Å². The Morgan fingerprint density at radius 3 is 2.56 bits per heavy atom. The average Bonchev–Trinajstić information content (AvgIpc) is 3.35. The van der Waals surface area contributed by atoms with Gasteiger partial charge in [-0.15, -0.1) is 11.3 Å². The maximum absolute atomic E-state index is 12.9. The third-order valence-corrected chi connectivity index (χ3v) is 6.58. The molecule has 3 heterocycles. The molecule has 2 amide bonds. The fourth-order valence-electron chi connectivity index (χ4n) is 3.87. The minimum Gasteiger partial charge on any atom is -0.491 e. The second-order valence-corrected chi connectivity index (χ2v) is 9.23. The van der Waals surface area contributed by atoms with Crippen molar-refractivity contribution in [1.29, 1.82) is 0 Å². The van der Waals surface area contributed by atoms with E-state index in [1.54, 1.807) is 23.7 Å². The summed E-state index contributed by atoms with van der Waals surface area (Å²) < 4.78 is 10.8. The Balaban J connectivity index is 1.33. The van der Waals surface area contributed by atoms with Crippen LogP contribution in [0.2, 0.25) is 0 Å². The van der Waals surface area contributed by atoms with Crippen LogP contribution >= 0.6 is 11.3 Å². The fraction of sp³-hybridized carbons (Fsp3) is 0.360. The van der Waals surface area contributed by atoms with Gasteiger partial charge in [0.1, 0.15) is 17.1 Å². The van der Waals surface area contributed by atoms with E-state index in [-0.39, 0.29) is 23.8 Å². The van der Waals surface area contributed by atoms with Crippen molar-refractivity contribution in [2.24, 2.45) is 0 Å². The first-order valence-corrected chi connectivity index (χ1v) is 12.1. The zero-order valence-corrected chi connectivity index (χ0v) is 20.3. The van der Waals surface area contributed by atoms with Gasteiger partial charge in [0.25, 0.3) is 11.8 Å². The Morgan fingerprint density at radius 2 is 1.88 bits per heavy atom. The van der Waals surface area contributed by atoms with Crippen LogP contribution in [0.1, 0.15) is 58.5 Å². The molecule has 1 aliphatic heterocycles. The number of hydrogen-bond acceptors (Lipinski definition) is 7. The topological polar surface area (TPSA) is 93.7 Å². The van der Waals surface area contributed by atoms with Gasteiger partial charge in [-0.05, 0) is 63.1 Å². The molecule has 0 spiro atoms. The number of likely N-dealkylation sites (tertiary alicyclic amines) is 1. The number of aromatic nitrogens is 2. The molecule has 178 valence electrons. The number of rotatable bonds is 7. The molecule has 4 rings (SSSR count). The van der Waals surface area contributed by atoms with Crippen LogP contribution in [0.5, 0.6) is 11.6 Å². The highest BCUT2D eigenvalue weighted by atomic mass is 32.1. The zero-order chi connectivity index (χ0) is 24.1. The molecule has 0 bridgehead atoms. The number of carbonyl (C=O) groups is 2. The van der Waals surface area contributed by atoms with Gasteiger partial charge in [-0.25, -0.2) is 9.97 Å². The molecule has 0 aliphatic carbocycles. The number of amides is 2. The maximum atomic E-state index is 12.9. The highest BCUT2D eigenvalue weighted by Crippen LogP contribution is 2.31. The standard InChI is InChI=1S/C25H28N4O4S/c1-16(2)33-19-8-6-18(7-9-19)25(31)29-13-10-17(11-14-29)24-28-21(15-34-24)22(30)27-20-5-4-12-26-23(20)32-3/h4-9,12,15-17H,10-11,13-14H2,1-3H3,(H,27,30). The quantitative estimate of drug-likeness (QED) is 0.531. The largest absolute Gasteiger partial charge is 0.491 e. The molecule has 1 aromatic carbocycles. The molecular formula is C25H28N4O4S. The highest BCUT2D eigenvalue weighted by molar-refractivity contribution is 7.10. The summed E-state index contributed by atoms with van der Waals surface area (Å²) in [6.45, 7) is 5.25. The van der Waals surface area contributed by atoms with E-state index in [1.807, 2.05) is 43.0 Å². The molecule has 0 unspecified atom stereocenters. The molecule has 0 radical (unpaired) electrons. The van der Waals surface area contributed by atoms with Crippen molar-refractivity contribution >= 4 is 28.8 Å². The second kappa shape index (κ2) is 10.6. The number of carbonyl (C=O) groups excluding carboxylic acids is 2. The number of nitrogens with one attached hydrogen (secondary N) is 1. The summed E-state index contributed by atoms with van der Waals surface area (Å²) in [6, 6.07) is 10.8. The molecule has 2 aromatic heterocycles. The van der Waals surface area contributed by atoms with Crippen LogP contribution in [0.4, 0.5) is 5.69 Å². The number of benzene rings is 1. The summed E-state index contributed by atoms with van der Waals surface area (Å²) >= 11 is 1.48. The van der Waals surface area contributed by atoms with Crippen molar-refractivity contribution in [2.75, 3.05) is 25.5 Å². The number of anilines is 1. The van der Waals surface area contributed by atoms with E-state index in [9.17, 15) is 9.59 Å². The van der Waals surface area contributed by atoms with Gasteiger partial charge in [0.15, 0.2) is 0 Å². The first-order chi connectivity index (χ1) is 16.4. The summed E-state index contributed by atoms with van der Waals surface area (Å²) in [5.41, 5.74) is 1.53. The molecular weight excluding hydrogens is 452 g/mol. The normalized spacial score (nSPS) is 14.2. The van der Waals surface area contributed by atoms with Crippen LogP contribution in [0.25, 0.3) is 0 Å². The third-order valence-electron chi connectivity index (χ3n) is 5.57. The average molecular weight is 481 g/mol. The van der Waals surface area contributed by atoms with Gasteiger partial charge < -0.3 is 19.7 Å². The molecule has 0 saturated carbocycles. The third kappa shape index (κ3) is 5.53. The van der Waals surface area contributed by atoms with E-state index in [2.05, 4.69) is 15.3 Å². The molecule has 34 heavy (non-hydrogen) atoms. The molecule has 1 fully saturated rings. The van der Waals surface area contributed by atoms with Crippen LogP contribution in [0.3, 0.4) is 0 Å². The van der Waals surface area contributed by atoms with E-state index < -0.39 is 0 Å². The molecule has 1 N–H and O–H groups in total. The van der Waals surface area contributed by atoms with Crippen LogP contribution < -0.4 is 14.8 Å². The van der Waals surface area contributed by atoms with Crippen molar-refractivity contribution in [2.45, 2.75) is 38.7 Å². The lowest BCUT2D eigenvalue weighted by atomic mass is 9.97. The predicted molar refractivity (Wildman–Crippen MR) is 131 cm³/mol. The van der Waals surface area contributed by atoms with Gasteiger partial charge in [0, 0.05) is 36.1 Å². The number of thiazole rings is 1. The van der Waals surface area contributed by atoms with Gasteiger partial charge in [-0.2, -0.15) is 0 Å². The lowest BCUT2D eigenvalue weighted by Gasteiger charge is -2.31. The van der Waals surface area contributed by atoms with Gasteiger partial charge >= 0.3 is 0 Å². The maximum Gasteiger partial charge on any atom is 0.275 e. The predicted octanol–water partition coefficient (Wildman–Crippen LogP) is 4.61.